The maximum absolute atomic E-state index is 11.6. The first-order valence-corrected chi connectivity index (χ1v) is 10.9. The van der Waals surface area contributed by atoms with Crippen LogP contribution in [0.1, 0.15) is 0 Å². The molecule has 26 heavy (non-hydrogen) atoms. The lowest BCUT2D eigenvalue weighted by atomic mass is 10.2. The van der Waals surface area contributed by atoms with E-state index >= 15 is 0 Å². The molecule has 3 aromatic rings. The molecule has 10 heteroatoms. The van der Waals surface area contributed by atoms with Gasteiger partial charge in [0.2, 0.25) is 0 Å². The number of nitrogens with zero attached hydrogens (tertiary/aromatic N) is 2. The van der Waals surface area contributed by atoms with Crippen LogP contribution in [0.3, 0.4) is 0 Å². The highest BCUT2D eigenvalue weighted by atomic mass is 79.9. The minimum Gasteiger partial charge on any atom is -0.320 e. The Morgan fingerprint density at radius 3 is 2.35 bits per heavy atom. The van der Waals surface area contributed by atoms with Crippen molar-refractivity contribution in [2.75, 3.05) is 0 Å². The van der Waals surface area contributed by atoms with Crippen LogP contribution in [-0.4, -0.2) is 13.0 Å². The van der Waals surface area contributed by atoms with E-state index in [1.807, 2.05) is 29.1 Å². The molecule has 4 nitrogen and oxygen atoms in total. The summed E-state index contributed by atoms with van der Waals surface area (Å²) < 4.78 is 25.2. The van der Waals surface area contributed by atoms with Crippen LogP contribution in [0.2, 0.25) is 10.0 Å². The van der Waals surface area contributed by atoms with E-state index in [2.05, 4.69) is 4.99 Å². The molecular formula is C16H12BrCl3N2O2S2. The SMILES string of the molecule is Br.Cn1c(-c2ccc(Cl)c(S(=O)(=O)Cl)c2)cs/c1=N/c1ccc(Cl)cc1. The Kier molecular flexibility index (Phi) is 6.98. The van der Waals surface area contributed by atoms with Crippen molar-refractivity contribution in [2.45, 2.75) is 4.90 Å². The number of thiazole rings is 1. The van der Waals surface area contributed by atoms with Gasteiger partial charge in [0.15, 0.2) is 4.80 Å². The predicted molar refractivity (Wildman–Crippen MR) is 114 cm³/mol. The van der Waals surface area contributed by atoms with Crippen LogP contribution < -0.4 is 4.80 Å². The van der Waals surface area contributed by atoms with E-state index in [1.165, 1.54) is 23.5 Å². The molecule has 0 fully saturated rings. The standard InChI is InChI=1S/C16H11Cl3N2O2S2.BrH/c1-21-14(10-2-7-13(18)15(8-10)25(19,22)23)9-24-16(21)20-12-5-3-11(17)4-6-12;/h2-9H,1H3;1H/b20-16+;. The second kappa shape index (κ2) is 8.46. The first-order valence-electron chi connectivity index (χ1n) is 6.95. The summed E-state index contributed by atoms with van der Waals surface area (Å²) in [6.45, 7) is 0. The summed E-state index contributed by atoms with van der Waals surface area (Å²) in [7, 11) is 3.37. The molecule has 0 amide bonds. The van der Waals surface area contributed by atoms with Gasteiger partial charge in [0.25, 0.3) is 9.05 Å². The van der Waals surface area contributed by atoms with Crippen molar-refractivity contribution in [2.24, 2.45) is 12.0 Å². The van der Waals surface area contributed by atoms with Crippen molar-refractivity contribution in [1.82, 2.24) is 4.57 Å². The van der Waals surface area contributed by atoms with Crippen molar-refractivity contribution >= 4 is 76.9 Å². The molecule has 1 heterocycles. The number of hydrogen-bond acceptors (Lipinski definition) is 4. The molecule has 0 aliphatic carbocycles. The summed E-state index contributed by atoms with van der Waals surface area (Å²) in [4.78, 5) is 5.21. The fourth-order valence-electron chi connectivity index (χ4n) is 2.21. The zero-order valence-corrected chi connectivity index (χ0v) is 18.8. The molecule has 0 N–H and O–H groups in total. The Labute approximate surface area is 179 Å². The molecular weight excluding hydrogens is 503 g/mol. The van der Waals surface area contributed by atoms with Gasteiger partial charge >= 0.3 is 0 Å². The molecule has 0 aliphatic heterocycles. The summed E-state index contributed by atoms with van der Waals surface area (Å²) in [6, 6.07) is 11.9. The van der Waals surface area contributed by atoms with Crippen molar-refractivity contribution < 1.29 is 8.42 Å². The van der Waals surface area contributed by atoms with E-state index in [-0.39, 0.29) is 26.9 Å². The Balaban J connectivity index is 0.00000243. The van der Waals surface area contributed by atoms with Gasteiger partial charge in [-0.2, -0.15) is 0 Å². The van der Waals surface area contributed by atoms with E-state index in [9.17, 15) is 8.42 Å². The van der Waals surface area contributed by atoms with Crippen LogP contribution >= 0.6 is 62.2 Å². The third kappa shape index (κ3) is 4.71. The fraction of sp³-hybridized carbons (Fsp3) is 0.0625. The van der Waals surface area contributed by atoms with Gasteiger partial charge in [0, 0.05) is 33.7 Å². The molecule has 1 aromatic heterocycles. The van der Waals surface area contributed by atoms with Crippen LogP contribution in [-0.2, 0) is 16.1 Å². The largest absolute Gasteiger partial charge is 0.320 e. The van der Waals surface area contributed by atoms with E-state index in [0.29, 0.717) is 10.6 Å². The lowest BCUT2D eigenvalue weighted by Crippen LogP contribution is -2.11. The zero-order valence-electron chi connectivity index (χ0n) is 13.2. The molecule has 0 radical (unpaired) electrons. The van der Waals surface area contributed by atoms with Crippen LogP contribution in [0.4, 0.5) is 5.69 Å². The van der Waals surface area contributed by atoms with Gasteiger partial charge in [-0.05, 0) is 36.4 Å². The van der Waals surface area contributed by atoms with Gasteiger partial charge in [-0.25, -0.2) is 13.4 Å². The third-order valence-corrected chi connectivity index (χ3v) is 6.44. The average molecular weight is 515 g/mol. The Morgan fingerprint density at radius 1 is 1.08 bits per heavy atom. The normalized spacial score (nSPS) is 12.1. The second-order valence-electron chi connectivity index (χ2n) is 5.13. The van der Waals surface area contributed by atoms with Gasteiger partial charge < -0.3 is 4.57 Å². The minimum absolute atomic E-state index is 0. The van der Waals surface area contributed by atoms with Gasteiger partial charge in [0.05, 0.1) is 16.4 Å². The minimum atomic E-state index is -3.92. The highest BCUT2D eigenvalue weighted by Crippen LogP contribution is 2.30. The molecule has 138 valence electrons. The predicted octanol–water partition coefficient (Wildman–Crippen LogP) is 5.80. The van der Waals surface area contributed by atoms with Crippen molar-refractivity contribution in [3.05, 3.63) is 62.7 Å². The monoisotopic (exact) mass is 512 g/mol. The number of hydrogen-bond donors (Lipinski definition) is 0. The Morgan fingerprint density at radius 2 is 1.73 bits per heavy atom. The smallest absolute Gasteiger partial charge is 0.262 e. The van der Waals surface area contributed by atoms with Gasteiger partial charge in [-0.15, -0.1) is 28.3 Å². The van der Waals surface area contributed by atoms with Crippen LogP contribution in [0, 0.1) is 0 Å². The number of benzene rings is 2. The van der Waals surface area contributed by atoms with Crippen LogP contribution in [0.15, 0.2) is 57.7 Å². The molecule has 0 bridgehead atoms. The lowest BCUT2D eigenvalue weighted by molar-refractivity contribution is 0.609. The molecule has 0 atom stereocenters. The van der Waals surface area contributed by atoms with E-state index < -0.39 is 9.05 Å². The quantitative estimate of drug-likeness (QED) is 0.415. The lowest BCUT2D eigenvalue weighted by Gasteiger charge is -2.06. The zero-order chi connectivity index (χ0) is 18.2. The molecule has 0 spiro atoms. The van der Waals surface area contributed by atoms with E-state index in [0.717, 1.165) is 16.2 Å². The summed E-state index contributed by atoms with van der Waals surface area (Å²) in [5.41, 5.74) is 2.25. The van der Waals surface area contributed by atoms with E-state index in [4.69, 9.17) is 33.9 Å². The highest BCUT2D eigenvalue weighted by molar-refractivity contribution is 8.93. The Bertz CT molecular complexity index is 1110. The fourth-order valence-corrected chi connectivity index (χ4v) is 4.75. The van der Waals surface area contributed by atoms with Crippen molar-refractivity contribution in [3.8, 4) is 11.3 Å². The maximum atomic E-state index is 11.6. The second-order valence-corrected chi connectivity index (χ2v) is 9.35. The number of rotatable bonds is 3. The molecule has 2 aromatic carbocycles. The molecule has 0 aliphatic rings. The first kappa shape index (κ1) is 21.5. The van der Waals surface area contributed by atoms with Gasteiger partial charge in [0.1, 0.15) is 4.90 Å². The first-order chi connectivity index (χ1) is 11.8. The summed E-state index contributed by atoms with van der Waals surface area (Å²) in [5.74, 6) is 0. The van der Waals surface area contributed by atoms with Crippen LogP contribution in [0.5, 0.6) is 0 Å². The van der Waals surface area contributed by atoms with Crippen molar-refractivity contribution in [1.29, 1.82) is 0 Å². The Hall–Kier alpha value is -0.830. The number of aromatic nitrogens is 1. The maximum Gasteiger partial charge on any atom is 0.262 e. The molecule has 3 rings (SSSR count). The molecule has 0 saturated carbocycles. The average Bonchev–Trinajstić information content (AvgIpc) is 2.90. The van der Waals surface area contributed by atoms with E-state index in [1.54, 1.807) is 18.2 Å². The summed E-state index contributed by atoms with van der Waals surface area (Å²) in [6.07, 6.45) is 0. The topological polar surface area (TPSA) is 51.4 Å². The third-order valence-electron chi connectivity index (χ3n) is 3.47. The van der Waals surface area contributed by atoms with Crippen molar-refractivity contribution in [3.63, 3.8) is 0 Å². The number of halogens is 4. The van der Waals surface area contributed by atoms with Gasteiger partial charge in [-0.1, -0.05) is 29.3 Å². The molecule has 0 unspecified atom stereocenters. The highest BCUT2D eigenvalue weighted by Gasteiger charge is 2.17. The summed E-state index contributed by atoms with van der Waals surface area (Å²) >= 11 is 13.3. The van der Waals surface area contributed by atoms with Crippen LogP contribution in [0.25, 0.3) is 11.3 Å². The molecule has 0 saturated heterocycles. The van der Waals surface area contributed by atoms with Gasteiger partial charge in [-0.3, -0.25) is 0 Å². The summed E-state index contributed by atoms with van der Waals surface area (Å²) in [5, 5.41) is 2.62.